The zero-order valence-electron chi connectivity index (χ0n) is 20.2. The normalized spacial score (nSPS) is 14.4. The van der Waals surface area contributed by atoms with Gasteiger partial charge in [-0.3, -0.25) is 9.69 Å². The molecule has 0 unspecified atom stereocenters. The molecule has 2 aromatic carbocycles. The quantitative estimate of drug-likeness (QED) is 0.585. The van der Waals surface area contributed by atoms with E-state index in [-0.39, 0.29) is 18.0 Å². The third kappa shape index (κ3) is 5.31. The predicted octanol–water partition coefficient (Wildman–Crippen LogP) is 3.07. The first-order valence-electron chi connectivity index (χ1n) is 11.5. The monoisotopic (exact) mass is 464 g/mol. The molecule has 2 N–H and O–H groups in total. The fraction of sp³-hybridized carbons (Fsp3) is 0.400. The van der Waals surface area contributed by atoms with Crippen LogP contribution in [0.1, 0.15) is 30.0 Å². The minimum absolute atomic E-state index is 0.0828. The Morgan fingerprint density at radius 2 is 1.76 bits per heavy atom. The summed E-state index contributed by atoms with van der Waals surface area (Å²) < 4.78 is 7.23. The number of carbonyl (C=O) groups is 2. The zero-order valence-corrected chi connectivity index (χ0v) is 20.2. The Labute approximate surface area is 199 Å². The van der Waals surface area contributed by atoms with Crippen LogP contribution in [0.25, 0.3) is 11.0 Å². The van der Waals surface area contributed by atoms with Crippen LogP contribution in [-0.2, 0) is 13.6 Å². The number of aromatic nitrogens is 2. The number of hydrogen-bond donors (Lipinski definition) is 2. The van der Waals surface area contributed by atoms with E-state index in [1.165, 1.54) is 0 Å². The summed E-state index contributed by atoms with van der Waals surface area (Å²) in [7, 11) is 3.61. The average Bonchev–Trinajstić information content (AvgIpc) is 3.14. The molecule has 0 atom stereocenters. The number of piperazine rings is 1. The molecule has 1 saturated heterocycles. The summed E-state index contributed by atoms with van der Waals surface area (Å²) in [4.78, 5) is 33.9. The SMILES string of the molecule is COc1ccc(NC(=O)N2CCN(Cc3nc4cc(C(=O)NC(C)C)ccc4n3C)CC2)cc1. The van der Waals surface area contributed by atoms with E-state index in [1.54, 1.807) is 7.11 Å². The molecule has 1 aliphatic rings. The van der Waals surface area contributed by atoms with E-state index in [1.807, 2.05) is 68.3 Å². The summed E-state index contributed by atoms with van der Waals surface area (Å²) >= 11 is 0. The summed E-state index contributed by atoms with van der Waals surface area (Å²) in [5.74, 6) is 1.60. The molecule has 0 aliphatic carbocycles. The van der Waals surface area contributed by atoms with Crippen molar-refractivity contribution >= 4 is 28.7 Å². The van der Waals surface area contributed by atoms with Gasteiger partial charge in [0.05, 0.1) is 24.7 Å². The number of carbonyl (C=O) groups excluding carboxylic acids is 2. The van der Waals surface area contributed by atoms with Crippen LogP contribution in [-0.4, -0.2) is 70.6 Å². The van der Waals surface area contributed by atoms with Gasteiger partial charge in [-0.15, -0.1) is 0 Å². The summed E-state index contributed by atoms with van der Waals surface area (Å²) in [6, 6.07) is 12.9. The third-order valence-electron chi connectivity index (χ3n) is 6.02. The number of amides is 3. The lowest BCUT2D eigenvalue weighted by Crippen LogP contribution is -2.49. The number of urea groups is 1. The Bertz CT molecular complexity index is 1160. The first kappa shape index (κ1) is 23.6. The first-order valence-corrected chi connectivity index (χ1v) is 11.5. The van der Waals surface area contributed by atoms with Crippen molar-refractivity contribution in [3.8, 4) is 5.75 Å². The Balaban J connectivity index is 1.35. The zero-order chi connectivity index (χ0) is 24.2. The van der Waals surface area contributed by atoms with Gasteiger partial charge in [0.2, 0.25) is 0 Å². The van der Waals surface area contributed by atoms with Gasteiger partial charge in [-0.05, 0) is 56.3 Å². The van der Waals surface area contributed by atoms with E-state index >= 15 is 0 Å². The number of aryl methyl sites for hydroxylation is 1. The molecule has 0 bridgehead atoms. The molecule has 180 valence electrons. The van der Waals surface area contributed by atoms with E-state index in [0.717, 1.165) is 41.4 Å². The smallest absolute Gasteiger partial charge is 0.321 e. The van der Waals surface area contributed by atoms with Crippen LogP contribution in [0.3, 0.4) is 0 Å². The lowest BCUT2D eigenvalue weighted by Gasteiger charge is -2.34. The van der Waals surface area contributed by atoms with Crippen molar-refractivity contribution < 1.29 is 14.3 Å². The largest absolute Gasteiger partial charge is 0.497 e. The molecule has 34 heavy (non-hydrogen) atoms. The average molecular weight is 465 g/mol. The highest BCUT2D eigenvalue weighted by atomic mass is 16.5. The molecular weight excluding hydrogens is 432 g/mol. The summed E-state index contributed by atoms with van der Waals surface area (Å²) in [5.41, 5.74) is 3.16. The molecule has 0 saturated carbocycles. The van der Waals surface area contributed by atoms with Gasteiger partial charge in [-0.1, -0.05) is 0 Å². The van der Waals surface area contributed by atoms with Crippen molar-refractivity contribution in [2.24, 2.45) is 7.05 Å². The number of benzene rings is 2. The third-order valence-corrected chi connectivity index (χ3v) is 6.02. The fourth-order valence-corrected chi connectivity index (χ4v) is 4.06. The van der Waals surface area contributed by atoms with Crippen LogP contribution in [0, 0.1) is 0 Å². The summed E-state index contributed by atoms with van der Waals surface area (Å²) in [6.45, 7) is 7.39. The second-order valence-corrected chi connectivity index (χ2v) is 8.84. The minimum Gasteiger partial charge on any atom is -0.497 e. The van der Waals surface area contributed by atoms with Crippen LogP contribution in [0.15, 0.2) is 42.5 Å². The Morgan fingerprint density at radius 1 is 1.06 bits per heavy atom. The number of anilines is 1. The Morgan fingerprint density at radius 3 is 2.41 bits per heavy atom. The molecule has 1 fully saturated rings. The van der Waals surface area contributed by atoms with E-state index in [0.29, 0.717) is 25.2 Å². The van der Waals surface area contributed by atoms with Gasteiger partial charge < -0.3 is 24.8 Å². The second-order valence-electron chi connectivity index (χ2n) is 8.84. The van der Waals surface area contributed by atoms with Gasteiger partial charge in [0.15, 0.2) is 0 Å². The highest BCUT2D eigenvalue weighted by molar-refractivity contribution is 5.97. The second kappa shape index (κ2) is 10.1. The van der Waals surface area contributed by atoms with E-state index in [2.05, 4.69) is 20.1 Å². The highest BCUT2D eigenvalue weighted by Crippen LogP contribution is 2.19. The number of imidazole rings is 1. The molecule has 9 nitrogen and oxygen atoms in total. The Kier molecular flexibility index (Phi) is 7.02. The van der Waals surface area contributed by atoms with Crippen molar-refractivity contribution in [2.75, 3.05) is 38.6 Å². The molecular formula is C25H32N6O3. The summed E-state index contributed by atoms with van der Waals surface area (Å²) in [5, 5.41) is 5.86. The van der Waals surface area contributed by atoms with Crippen molar-refractivity contribution in [3.05, 3.63) is 53.9 Å². The molecule has 1 aromatic heterocycles. The van der Waals surface area contributed by atoms with Crippen LogP contribution in [0.5, 0.6) is 5.75 Å². The van der Waals surface area contributed by atoms with Gasteiger partial charge >= 0.3 is 6.03 Å². The van der Waals surface area contributed by atoms with Crippen molar-refractivity contribution in [2.45, 2.75) is 26.4 Å². The van der Waals surface area contributed by atoms with Crippen molar-refractivity contribution in [3.63, 3.8) is 0 Å². The molecule has 2 heterocycles. The number of nitrogens with one attached hydrogen (secondary N) is 2. The number of methoxy groups -OCH3 is 1. The molecule has 3 aromatic rings. The van der Waals surface area contributed by atoms with Gasteiger partial charge in [0.25, 0.3) is 5.91 Å². The molecule has 3 amide bonds. The number of hydrogen-bond acceptors (Lipinski definition) is 5. The summed E-state index contributed by atoms with van der Waals surface area (Å²) in [6.07, 6.45) is 0. The molecule has 0 radical (unpaired) electrons. The van der Waals surface area contributed by atoms with E-state index in [9.17, 15) is 9.59 Å². The fourth-order valence-electron chi connectivity index (χ4n) is 4.06. The maximum Gasteiger partial charge on any atom is 0.321 e. The molecule has 0 spiro atoms. The van der Waals surface area contributed by atoms with Gasteiger partial charge in [-0.2, -0.15) is 0 Å². The number of ether oxygens (including phenoxy) is 1. The van der Waals surface area contributed by atoms with Gasteiger partial charge in [0.1, 0.15) is 11.6 Å². The maximum absolute atomic E-state index is 12.6. The number of rotatable bonds is 6. The maximum atomic E-state index is 12.6. The van der Waals surface area contributed by atoms with Crippen LogP contribution in [0.2, 0.25) is 0 Å². The van der Waals surface area contributed by atoms with Crippen molar-refractivity contribution in [1.82, 2.24) is 24.7 Å². The number of fused-ring (bicyclic) bond motifs is 1. The highest BCUT2D eigenvalue weighted by Gasteiger charge is 2.23. The first-order chi connectivity index (χ1) is 16.3. The molecule has 1 aliphatic heterocycles. The standard InChI is InChI=1S/C25H32N6O3/c1-17(2)26-24(32)18-5-10-22-21(15-18)28-23(29(22)3)16-30-11-13-31(14-12-30)25(33)27-19-6-8-20(34-4)9-7-19/h5-10,15,17H,11-14,16H2,1-4H3,(H,26,32)(H,27,33). The molecule has 4 rings (SSSR count). The lowest BCUT2D eigenvalue weighted by molar-refractivity contribution is 0.0943. The number of nitrogens with zero attached hydrogens (tertiary/aromatic N) is 4. The van der Waals surface area contributed by atoms with Gasteiger partial charge in [-0.25, -0.2) is 9.78 Å². The molecule has 9 heteroatoms. The van der Waals surface area contributed by atoms with Crippen LogP contribution < -0.4 is 15.4 Å². The topological polar surface area (TPSA) is 91.7 Å². The lowest BCUT2D eigenvalue weighted by atomic mass is 10.2. The predicted molar refractivity (Wildman–Crippen MR) is 132 cm³/mol. The van der Waals surface area contributed by atoms with E-state index in [4.69, 9.17) is 9.72 Å². The minimum atomic E-state index is -0.0975. The van der Waals surface area contributed by atoms with Crippen LogP contribution >= 0.6 is 0 Å². The van der Waals surface area contributed by atoms with Crippen LogP contribution in [0.4, 0.5) is 10.5 Å². The Hall–Kier alpha value is -3.59. The van der Waals surface area contributed by atoms with Gasteiger partial charge in [0, 0.05) is 50.5 Å². The van der Waals surface area contributed by atoms with Crippen molar-refractivity contribution in [1.29, 1.82) is 0 Å². The van der Waals surface area contributed by atoms with E-state index < -0.39 is 0 Å².